The Hall–Kier alpha value is -0.370. The van der Waals surface area contributed by atoms with Crippen LogP contribution < -0.4 is 0 Å². The third-order valence-electron chi connectivity index (χ3n) is 3.67. The van der Waals surface area contributed by atoms with E-state index in [1.54, 1.807) is 0 Å². The molecule has 4 fully saturated rings. The molecule has 0 aromatic carbocycles. The van der Waals surface area contributed by atoms with Gasteiger partial charge < -0.3 is 4.74 Å². The van der Waals surface area contributed by atoms with Crippen LogP contribution in [-0.2, 0) is 9.53 Å². The van der Waals surface area contributed by atoms with Crippen molar-refractivity contribution in [2.24, 2.45) is 11.3 Å². The van der Waals surface area contributed by atoms with Crippen molar-refractivity contribution in [1.29, 1.82) is 0 Å². The number of Topliss-reactive ketones (excluding diaryl/α,β-unsaturated/α-hetero) is 1. The molecule has 2 heteroatoms. The molecule has 2 bridgehead atoms. The summed E-state index contributed by atoms with van der Waals surface area (Å²) in [7, 11) is 0. The van der Waals surface area contributed by atoms with Crippen LogP contribution in [0, 0.1) is 11.3 Å². The number of hydrogen-bond donors (Lipinski definition) is 0. The summed E-state index contributed by atoms with van der Waals surface area (Å²) in [6.07, 6.45) is 4.64. The molecule has 3 atom stereocenters. The average Bonchev–Trinajstić information content (AvgIpc) is 2.43. The fraction of sp³-hybridized carbons (Fsp3) is 0.889. The third-order valence-corrected chi connectivity index (χ3v) is 3.67. The maximum atomic E-state index is 11.4. The number of ketones is 1. The minimum atomic E-state index is 0.316. The van der Waals surface area contributed by atoms with E-state index in [1.807, 2.05) is 0 Å². The van der Waals surface area contributed by atoms with Gasteiger partial charge in [-0.05, 0) is 19.3 Å². The molecule has 0 aromatic heterocycles. The Kier molecular flexibility index (Phi) is 0.947. The molecule has 2 aliphatic heterocycles. The summed E-state index contributed by atoms with van der Waals surface area (Å²) >= 11 is 0. The van der Waals surface area contributed by atoms with Gasteiger partial charge in [0.25, 0.3) is 0 Å². The van der Waals surface area contributed by atoms with Gasteiger partial charge >= 0.3 is 0 Å². The second-order valence-electron chi connectivity index (χ2n) is 4.21. The number of fused-ring (bicyclic) bond motifs is 1. The average molecular weight is 152 g/mol. The van der Waals surface area contributed by atoms with Gasteiger partial charge in [0.15, 0.2) is 0 Å². The van der Waals surface area contributed by atoms with Gasteiger partial charge in [0.05, 0.1) is 18.6 Å². The van der Waals surface area contributed by atoms with E-state index in [-0.39, 0.29) is 0 Å². The predicted octanol–water partition coefficient (Wildman–Crippen LogP) is 1.14. The molecule has 2 saturated carbocycles. The van der Waals surface area contributed by atoms with Crippen molar-refractivity contribution in [2.45, 2.75) is 31.8 Å². The van der Waals surface area contributed by atoms with Crippen LogP contribution in [0.4, 0.5) is 0 Å². The molecule has 2 nitrogen and oxygen atoms in total. The first kappa shape index (κ1) is 6.18. The highest BCUT2D eigenvalue weighted by atomic mass is 16.5. The molecule has 2 heterocycles. The normalized spacial score (nSPS) is 53.6. The summed E-state index contributed by atoms with van der Waals surface area (Å²) in [5, 5.41) is 0. The van der Waals surface area contributed by atoms with Crippen molar-refractivity contribution in [3.63, 3.8) is 0 Å². The van der Waals surface area contributed by atoms with E-state index in [0.29, 0.717) is 23.2 Å². The van der Waals surface area contributed by atoms with Gasteiger partial charge in [-0.2, -0.15) is 0 Å². The predicted molar refractivity (Wildman–Crippen MR) is 39.1 cm³/mol. The maximum Gasteiger partial charge on any atom is 0.139 e. The molecule has 0 radical (unpaired) electrons. The summed E-state index contributed by atoms with van der Waals surface area (Å²) < 4.78 is 5.51. The first-order chi connectivity index (χ1) is 5.32. The Morgan fingerprint density at radius 1 is 1.55 bits per heavy atom. The first-order valence-electron chi connectivity index (χ1n) is 4.46. The molecule has 0 unspecified atom stereocenters. The van der Waals surface area contributed by atoms with Crippen LogP contribution >= 0.6 is 0 Å². The van der Waals surface area contributed by atoms with Crippen LogP contribution in [0.3, 0.4) is 0 Å². The van der Waals surface area contributed by atoms with Crippen LogP contribution in [0.2, 0.25) is 0 Å². The van der Waals surface area contributed by atoms with Crippen LogP contribution in [0.1, 0.15) is 25.7 Å². The maximum absolute atomic E-state index is 11.4. The van der Waals surface area contributed by atoms with E-state index >= 15 is 0 Å². The molecular formula is C9H12O2. The molecule has 4 aliphatic rings. The van der Waals surface area contributed by atoms with Crippen molar-refractivity contribution in [1.82, 2.24) is 0 Å². The minimum absolute atomic E-state index is 0.316. The second-order valence-corrected chi connectivity index (χ2v) is 4.21. The summed E-state index contributed by atoms with van der Waals surface area (Å²) in [5.74, 6) is 0.793. The topological polar surface area (TPSA) is 26.3 Å². The van der Waals surface area contributed by atoms with Crippen molar-refractivity contribution >= 4 is 5.78 Å². The molecule has 11 heavy (non-hydrogen) atoms. The zero-order valence-electron chi connectivity index (χ0n) is 6.51. The van der Waals surface area contributed by atoms with Gasteiger partial charge in [-0.1, -0.05) is 0 Å². The number of carbonyl (C=O) groups is 1. The second kappa shape index (κ2) is 1.69. The molecule has 2 saturated heterocycles. The molecular weight excluding hydrogens is 140 g/mol. The summed E-state index contributed by atoms with van der Waals surface area (Å²) in [5.41, 5.74) is 0.333. The molecule has 60 valence electrons. The Labute approximate surface area is 65.9 Å². The van der Waals surface area contributed by atoms with E-state index < -0.39 is 0 Å². The Bertz CT molecular complexity index is 220. The molecule has 0 N–H and O–H groups in total. The molecule has 4 rings (SSSR count). The SMILES string of the molecule is O=C1CCC[C@]23CO[C@H](C2)[C@@H]13. The Morgan fingerprint density at radius 3 is 3.18 bits per heavy atom. The van der Waals surface area contributed by atoms with Crippen LogP contribution in [0.15, 0.2) is 0 Å². The first-order valence-corrected chi connectivity index (χ1v) is 4.46. The van der Waals surface area contributed by atoms with Crippen molar-refractivity contribution in [3.05, 3.63) is 0 Å². The van der Waals surface area contributed by atoms with Gasteiger partial charge in [0, 0.05) is 11.8 Å². The highest BCUT2D eigenvalue weighted by molar-refractivity contribution is 5.85. The standard InChI is InChI=1S/C9H12O2/c10-6-2-1-3-9-4-7(8(6)9)11-5-9/h7-8H,1-5H2/t7-,8-,9-/m1/s1. The van der Waals surface area contributed by atoms with Crippen LogP contribution in [0.5, 0.6) is 0 Å². The number of rotatable bonds is 0. The monoisotopic (exact) mass is 152 g/mol. The van der Waals surface area contributed by atoms with Crippen molar-refractivity contribution in [3.8, 4) is 0 Å². The lowest BCUT2D eigenvalue weighted by molar-refractivity contribution is -0.138. The van der Waals surface area contributed by atoms with Crippen LogP contribution in [0.25, 0.3) is 0 Å². The fourth-order valence-corrected chi connectivity index (χ4v) is 3.10. The number of ether oxygens (including phenoxy) is 1. The largest absolute Gasteiger partial charge is 0.377 e. The molecule has 0 amide bonds. The molecule has 0 aromatic rings. The van der Waals surface area contributed by atoms with Gasteiger partial charge in [-0.3, -0.25) is 4.79 Å². The molecule has 1 spiro atoms. The van der Waals surface area contributed by atoms with Crippen LogP contribution in [-0.4, -0.2) is 18.5 Å². The highest BCUT2D eigenvalue weighted by Gasteiger charge is 2.63. The zero-order chi connectivity index (χ0) is 7.47. The highest BCUT2D eigenvalue weighted by Crippen LogP contribution is 2.60. The van der Waals surface area contributed by atoms with E-state index in [2.05, 4.69) is 0 Å². The van der Waals surface area contributed by atoms with E-state index in [9.17, 15) is 4.79 Å². The van der Waals surface area contributed by atoms with E-state index in [4.69, 9.17) is 4.74 Å². The van der Waals surface area contributed by atoms with Crippen molar-refractivity contribution in [2.75, 3.05) is 6.61 Å². The third kappa shape index (κ3) is 0.560. The zero-order valence-corrected chi connectivity index (χ0v) is 6.51. The van der Waals surface area contributed by atoms with E-state index in [0.717, 1.165) is 19.4 Å². The summed E-state index contributed by atoms with van der Waals surface area (Å²) in [4.78, 5) is 11.4. The van der Waals surface area contributed by atoms with Gasteiger partial charge in [0.2, 0.25) is 0 Å². The lowest BCUT2D eigenvalue weighted by Gasteiger charge is -2.46. The smallest absolute Gasteiger partial charge is 0.139 e. The number of carbonyl (C=O) groups excluding carboxylic acids is 1. The summed E-state index contributed by atoms with van der Waals surface area (Å²) in [6, 6.07) is 0. The Morgan fingerprint density at radius 2 is 2.45 bits per heavy atom. The lowest BCUT2D eigenvalue weighted by Crippen LogP contribution is -2.51. The Balaban J connectivity index is 1.97. The van der Waals surface area contributed by atoms with E-state index in [1.165, 1.54) is 12.8 Å². The quantitative estimate of drug-likeness (QED) is 0.520. The van der Waals surface area contributed by atoms with Crippen molar-refractivity contribution < 1.29 is 9.53 Å². The molecule has 2 aliphatic carbocycles. The number of hydrogen-bond acceptors (Lipinski definition) is 2. The van der Waals surface area contributed by atoms with Gasteiger partial charge in [-0.25, -0.2) is 0 Å². The minimum Gasteiger partial charge on any atom is -0.377 e. The fourth-order valence-electron chi connectivity index (χ4n) is 3.10. The van der Waals surface area contributed by atoms with Gasteiger partial charge in [-0.15, -0.1) is 0 Å². The lowest BCUT2D eigenvalue weighted by atomic mass is 9.54. The van der Waals surface area contributed by atoms with Gasteiger partial charge in [0.1, 0.15) is 5.78 Å². The summed E-state index contributed by atoms with van der Waals surface area (Å²) in [6.45, 7) is 0.869.